The fourth-order valence-corrected chi connectivity index (χ4v) is 5.53. The molecule has 4 N–H and O–H groups in total. The third-order valence-electron chi connectivity index (χ3n) is 7.64. The second-order valence-electron chi connectivity index (χ2n) is 11.8. The first-order valence-electron chi connectivity index (χ1n) is 16.9. The van der Waals surface area contributed by atoms with Crippen molar-refractivity contribution in [2.75, 3.05) is 26.4 Å². The number of esters is 1. The van der Waals surface area contributed by atoms with Gasteiger partial charge in [0.15, 0.2) is 6.29 Å². The molecule has 0 spiro atoms. The van der Waals surface area contributed by atoms with Gasteiger partial charge in [0.05, 0.1) is 19.8 Å². The Labute approximate surface area is 270 Å². The number of rotatable bonds is 28. The van der Waals surface area contributed by atoms with Crippen LogP contribution in [0.3, 0.4) is 0 Å². The Balaban J connectivity index is 2.41. The van der Waals surface area contributed by atoms with Crippen LogP contribution in [0.5, 0.6) is 0 Å². The van der Waals surface area contributed by atoms with Crippen LogP contribution in [-0.2, 0) is 38.3 Å². The normalized spacial score (nSPS) is 23.0. The minimum Gasteiger partial charge on any atom is -0.457 e. The Morgan fingerprint density at radius 3 is 2.00 bits per heavy atom. The van der Waals surface area contributed by atoms with Gasteiger partial charge in [0, 0.05) is 13.0 Å². The van der Waals surface area contributed by atoms with Gasteiger partial charge in [-0.25, -0.2) is 4.18 Å². The van der Waals surface area contributed by atoms with Gasteiger partial charge in [-0.1, -0.05) is 90.2 Å². The number of unbranched alkanes of at least 4 members (excludes halogenated alkanes) is 13. The lowest BCUT2D eigenvalue weighted by molar-refractivity contribution is -0.301. The maximum absolute atomic E-state index is 12.4. The molecule has 0 aromatic carbocycles. The number of hydrogen-bond donors (Lipinski definition) is 4. The maximum atomic E-state index is 12.4. The van der Waals surface area contributed by atoms with Crippen molar-refractivity contribution in [2.45, 2.75) is 160 Å². The highest BCUT2D eigenvalue weighted by Crippen LogP contribution is 2.26. The predicted octanol–water partition coefficient (Wildman–Crippen LogP) is 4.79. The molecule has 0 radical (unpaired) electrons. The SMILES string of the molecule is CCCCCCC/C=C\CCCCCCCCOCC(COC1OC(CO)C(O)C(OS(=O)(=O)O)C1O)OC(=O)CCCCC. The van der Waals surface area contributed by atoms with E-state index in [1.807, 2.05) is 6.92 Å². The number of ether oxygens (including phenoxy) is 4. The summed E-state index contributed by atoms with van der Waals surface area (Å²) in [6, 6.07) is 0. The Morgan fingerprint density at radius 1 is 0.822 bits per heavy atom. The van der Waals surface area contributed by atoms with Crippen molar-refractivity contribution in [1.82, 2.24) is 0 Å². The first kappa shape index (κ1) is 41.9. The Morgan fingerprint density at radius 2 is 1.40 bits per heavy atom. The summed E-state index contributed by atoms with van der Waals surface area (Å²) < 4.78 is 58.1. The zero-order chi connectivity index (χ0) is 33.3. The lowest BCUT2D eigenvalue weighted by Gasteiger charge is -2.41. The number of carbonyl (C=O) groups is 1. The molecule has 1 fully saturated rings. The fraction of sp³-hybridized carbons (Fsp3) is 0.906. The monoisotopic (exact) mass is 668 g/mol. The zero-order valence-corrected chi connectivity index (χ0v) is 28.2. The molecule has 1 aliphatic heterocycles. The Hall–Kier alpha value is -1.16. The molecule has 0 bridgehead atoms. The molecule has 1 heterocycles. The number of aliphatic hydroxyl groups is 3. The van der Waals surface area contributed by atoms with E-state index >= 15 is 0 Å². The van der Waals surface area contributed by atoms with Gasteiger partial charge in [0.25, 0.3) is 0 Å². The van der Waals surface area contributed by atoms with Crippen molar-refractivity contribution in [1.29, 1.82) is 0 Å². The molecule has 12 nitrogen and oxygen atoms in total. The van der Waals surface area contributed by atoms with Crippen LogP contribution in [0.1, 0.15) is 123 Å². The second-order valence-corrected chi connectivity index (χ2v) is 12.8. The van der Waals surface area contributed by atoms with Gasteiger partial charge in [-0.05, 0) is 38.5 Å². The van der Waals surface area contributed by atoms with Crippen LogP contribution in [0.15, 0.2) is 12.2 Å². The zero-order valence-electron chi connectivity index (χ0n) is 27.4. The van der Waals surface area contributed by atoms with Crippen LogP contribution < -0.4 is 0 Å². The van der Waals surface area contributed by atoms with Gasteiger partial charge < -0.3 is 34.3 Å². The predicted molar refractivity (Wildman–Crippen MR) is 170 cm³/mol. The van der Waals surface area contributed by atoms with Crippen molar-refractivity contribution in [3.8, 4) is 0 Å². The van der Waals surface area contributed by atoms with Crippen molar-refractivity contribution < 1.29 is 56.2 Å². The van der Waals surface area contributed by atoms with Gasteiger partial charge in [0.2, 0.25) is 0 Å². The van der Waals surface area contributed by atoms with Gasteiger partial charge in [0.1, 0.15) is 30.5 Å². The van der Waals surface area contributed by atoms with E-state index in [4.69, 9.17) is 23.5 Å². The van der Waals surface area contributed by atoms with Crippen molar-refractivity contribution in [3.63, 3.8) is 0 Å². The van der Waals surface area contributed by atoms with E-state index in [1.165, 1.54) is 57.8 Å². The average Bonchev–Trinajstić information content (AvgIpc) is 2.99. The van der Waals surface area contributed by atoms with Crippen LogP contribution in [0.25, 0.3) is 0 Å². The van der Waals surface area contributed by atoms with Crippen LogP contribution in [-0.4, -0.2) is 97.5 Å². The highest BCUT2D eigenvalue weighted by molar-refractivity contribution is 7.80. The molecule has 0 aromatic rings. The van der Waals surface area contributed by atoms with E-state index in [0.29, 0.717) is 13.0 Å². The van der Waals surface area contributed by atoms with Crippen molar-refractivity contribution >= 4 is 16.4 Å². The van der Waals surface area contributed by atoms with E-state index in [9.17, 15) is 28.5 Å². The largest absolute Gasteiger partial charge is 0.457 e. The molecular formula is C32H60O12S. The molecule has 1 saturated heterocycles. The first-order chi connectivity index (χ1) is 21.6. The van der Waals surface area contributed by atoms with Crippen LogP contribution in [0, 0.1) is 0 Å². The topological polar surface area (TPSA) is 178 Å². The third-order valence-corrected chi connectivity index (χ3v) is 8.10. The summed E-state index contributed by atoms with van der Waals surface area (Å²) in [5.41, 5.74) is 0. The summed E-state index contributed by atoms with van der Waals surface area (Å²) >= 11 is 0. The maximum Gasteiger partial charge on any atom is 0.397 e. The molecule has 13 heteroatoms. The minimum atomic E-state index is -5.04. The second kappa shape index (κ2) is 25.9. The molecule has 45 heavy (non-hydrogen) atoms. The van der Waals surface area contributed by atoms with Gasteiger partial charge in [-0.2, -0.15) is 8.42 Å². The molecule has 6 unspecified atom stereocenters. The van der Waals surface area contributed by atoms with Gasteiger partial charge in [-0.3, -0.25) is 9.35 Å². The third kappa shape index (κ3) is 20.6. The summed E-state index contributed by atoms with van der Waals surface area (Å²) in [7, 11) is -5.04. The van der Waals surface area contributed by atoms with Crippen molar-refractivity contribution in [3.05, 3.63) is 12.2 Å². The van der Waals surface area contributed by atoms with Crippen LogP contribution >= 0.6 is 0 Å². The summed E-state index contributed by atoms with van der Waals surface area (Å²) in [5, 5.41) is 30.2. The molecule has 1 rings (SSSR count). The smallest absolute Gasteiger partial charge is 0.397 e. The lowest BCUT2D eigenvalue weighted by Crippen LogP contribution is -2.60. The molecular weight excluding hydrogens is 608 g/mol. The first-order valence-corrected chi connectivity index (χ1v) is 18.3. The Bertz CT molecular complexity index is 868. The van der Waals surface area contributed by atoms with Crippen molar-refractivity contribution in [2.24, 2.45) is 0 Å². The summed E-state index contributed by atoms with van der Waals surface area (Å²) in [5.74, 6) is -0.427. The van der Waals surface area contributed by atoms with Crippen LogP contribution in [0.4, 0.5) is 0 Å². The molecule has 0 amide bonds. The average molecular weight is 669 g/mol. The molecule has 0 saturated carbocycles. The number of carbonyl (C=O) groups excluding carboxylic acids is 1. The highest BCUT2D eigenvalue weighted by Gasteiger charge is 2.48. The van der Waals surface area contributed by atoms with Crippen LogP contribution in [0.2, 0.25) is 0 Å². The molecule has 0 aliphatic carbocycles. The number of hydrogen-bond acceptors (Lipinski definition) is 11. The standard InChI is InChI=1S/C32H60O12S/c1-3-5-7-8-9-10-11-12-13-14-15-16-17-18-20-22-40-24-26(42-28(34)21-19-6-4-2)25-41-32-30(36)31(44-45(37,38)39)29(35)27(23-33)43-32/h11-12,26-27,29-33,35-36H,3-10,13-25H2,1-2H3,(H,37,38,39)/b12-11-. The fourth-order valence-electron chi connectivity index (χ4n) is 5.02. The Kier molecular flexibility index (Phi) is 24.1. The molecule has 0 aromatic heterocycles. The molecule has 6 atom stereocenters. The number of aliphatic hydroxyl groups excluding tert-OH is 3. The lowest BCUT2D eigenvalue weighted by atomic mass is 9.99. The summed E-state index contributed by atoms with van der Waals surface area (Å²) in [6.07, 6.45) is 13.6. The van der Waals surface area contributed by atoms with Gasteiger partial charge in [-0.15, -0.1) is 0 Å². The van der Waals surface area contributed by atoms with Gasteiger partial charge >= 0.3 is 16.4 Å². The highest BCUT2D eigenvalue weighted by atomic mass is 32.3. The van der Waals surface area contributed by atoms with E-state index in [1.54, 1.807) is 0 Å². The summed E-state index contributed by atoms with van der Waals surface area (Å²) in [4.78, 5) is 12.4. The van der Waals surface area contributed by atoms with E-state index in [-0.39, 0.29) is 19.6 Å². The van der Waals surface area contributed by atoms with E-state index < -0.39 is 59.8 Å². The number of allylic oxidation sites excluding steroid dienone is 2. The molecule has 266 valence electrons. The molecule has 1 aliphatic rings. The van der Waals surface area contributed by atoms with E-state index in [0.717, 1.165) is 38.5 Å². The minimum absolute atomic E-state index is 0.0320. The van der Waals surface area contributed by atoms with E-state index in [2.05, 4.69) is 23.3 Å². The summed E-state index contributed by atoms with van der Waals surface area (Å²) in [6.45, 7) is 3.74. The quantitative estimate of drug-likeness (QED) is 0.0389.